The summed E-state index contributed by atoms with van der Waals surface area (Å²) >= 11 is 0. The van der Waals surface area contributed by atoms with E-state index in [1.807, 2.05) is 13.8 Å². The number of hydrogen-bond acceptors (Lipinski definition) is 5. The Morgan fingerprint density at radius 2 is 1.85 bits per heavy atom. The molecular weight excluding hydrogens is 457 g/mol. The van der Waals surface area contributed by atoms with E-state index >= 15 is 0 Å². The van der Waals surface area contributed by atoms with Crippen LogP contribution in [0, 0.1) is 12.7 Å². The summed E-state index contributed by atoms with van der Waals surface area (Å²) in [7, 11) is -3.57. The average molecular weight is 486 g/mol. The third-order valence-electron chi connectivity index (χ3n) is 5.78. The third-order valence-corrected chi connectivity index (χ3v) is 7.93. The van der Waals surface area contributed by atoms with E-state index in [2.05, 4.69) is 5.10 Å². The van der Waals surface area contributed by atoms with E-state index in [1.165, 1.54) is 16.8 Å². The maximum atomic E-state index is 14.5. The number of ether oxygens (including phenoxy) is 1. The van der Waals surface area contributed by atoms with Gasteiger partial charge >= 0.3 is 0 Å². The van der Waals surface area contributed by atoms with Crippen LogP contribution < -0.4 is 4.74 Å². The van der Waals surface area contributed by atoms with Crippen LogP contribution in [0.25, 0.3) is 5.69 Å². The van der Waals surface area contributed by atoms with Crippen LogP contribution in [0.4, 0.5) is 4.39 Å². The van der Waals surface area contributed by atoms with Gasteiger partial charge in [-0.05, 0) is 64.4 Å². The smallest absolute Gasteiger partial charge is 0.258 e. The van der Waals surface area contributed by atoms with Crippen molar-refractivity contribution in [2.45, 2.75) is 64.0 Å². The Hall–Kier alpha value is -3.20. The number of hydrogen-bond donors (Lipinski definition) is 0. The van der Waals surface area contributed by atoms with Gasteiger partial charge in [-0.3, -0.25) is 4.79 Å². The Morgan fingerprint density at radius 3 is 2.50 bits per heavy atom. The Labute approximate surface area is 199 Å². The largest absolute Gasteiger partial charge is 0.490 e. The topological polar surface area (TPSA) is 81.5 Å². The van der Waals surface area contributed by atoms with Crippen LogP contribution in [-0.2, 0) is 22.9 Å². The van der Waals surface area contributed by atoms with E-state index in [0.29, 0.717) is 22.7 Å². The molecule has 0 atom stereocenters. The van der Waals surface area contributed by atoms with Crippen LogP contribution in [0.1, 0.15) is 54.9 Å². The van der Waals surface area contributed by atoms with Crippen LogP contribution in [0.5, 0.6) is 5.75 Å². The summed E-state index contributed by atoms with van der Waals surface area (Å²) in [6.07, 6.45) is 1.54. The molecule has 34 heavy (non-hydrogen) atoms. The monoisotopic (exact) mass is 485 g/mol. The SMILES string of the molecule is Cc1cccc(-n2cc3c(n2)CN(C(=O)c2cc(S(=O)(=O)C(C)C)ccc2OC(C)C)C3)c1F. The lowest BCUT2D eigenvalue weighted by Gasteiger charge is -2.20. The van der Waals surface area contributed by atoms with Crippen molar-refractivity contribution in [2.75, 3.05) is 0 Å². The van der Waals surface area contributed by atoms with Gasteiger partial charge in [-0.15, -0.1) is 0 Å². The number of sulfone groups is 1. The maximum Gasteiger partial charge on any atom is 0.258 e. The maximum absolute atomic E-state index is 14.5. The molecule has 0 radical (unpaired) electrons. The minimum atomic E-state index is -3.57. The fourth-order valence-corrected chi connectivity index (χ4v) is 4.97. The molecule has 0 saturated heterocycles. The first-order valence-electron chi connectivity index (χ1n) is 11.2. The van der Waals surface area contributed by atoms with Gasteiger partial charge in [0.15, 0.2) is 15.7 Å². The summed E-state index contributed by atoms with van der Waals surface area (Å²) < 4.78 is 47.3. The molecule has 1 aliphatic rings. The Balaban J connectivity index is 1.64. The van der Waals surface area contributed by atoms with Crippen molar-refractivity contribution >= 4 is 15.7 Å². The first-order chi connectivity index (χ1) is 16.0. The molecule has 2 heterocycles. The molecule has 0 bridgehead atoms. The quantitative estimate of drug-likeness (QED) is 0.515. The highest BCUT2D eigenvalue weighted by atomic mass is 32.2. The third kappa shape index (κ3) is 4.32. The number of rotatable bonds is 6. The molecule has 3 aromatic rings. The molecule has 0 N–H and O–H groups in total. The van der Waals surface area contributed by atoms with Gasteiger partial charge in [-0.1, -0.05) is 12.1 Å². The number of fused-ring (bicyclic) bond motifs is 1. The van der Waals surface area contributed by atoms with E-state index in [1.54, 1.807) is 56.1 Å². The number of carbonyl (C=O) groups is 1. The first kappa shape index (κ1) is 23.9. The summed E-state index contributed by atoms with van der Waals surface area (Å²) in [6, 6.07) is 9.53. The van der Waals surface area contributed by atoms with Crippen LogP contribution in [0.3, 0.4) is 0 Å². The molecule has 2 aromatic carbocycles. The molecule has 0 saturated carbocycles. The molecule has 0 unspecified atom stereocenters. The molecule has 1 aromatic heterocycles. The van der Waals surface area contributed by atoms with Crippen molar-refractivity contribution < 1.29 is 22.3 Å². The zero-order valence-corrected chi connectivity index (χ0v) is 20.7. The van der Waals surface area contributed by atoms with Gasteiger partial charge in [0.2, 0.25) is 0 Å². The van der Waals surface area contributed by atoms with Crippen LogP contribution in [0.15, 0.2) is 47.5 Å². The lowest BCUT2D eigenvalue weighted by Crippen LogP contribution is -2.27. The second-order valence-electron chi connectivity index (χ2n) is 9.03. The number of aryl methyl sites for hydroxylation is 1. The summed E-state index contributed by atoms with van der Waals surface area (Å²) in [5, 5.41) is 3.88. The number of aromatic nitrogens is 2. The molecular formula is C25H28FN3O4S. The summed E-state index contributed by atoms with van der Waals surface area (Å²) in [5.41, 5.74) is 2.56. The van der Waals surface area contributed by atoms with Gasteiger partial charge in [0.05, 0.1) is 34.1 Å². The molecule has 1 amide bonds. The fraction of sp³-hybridized carbons (Fsp3) is 0.360. The second kappa shape index (κ2) is 8.87. The van der Waals surface area contributed by atoms with Crippen molar-refractivity contribution in [1.29, 1.82) is 0 Å². The van der Waals surface area contributed by atoms with Crippen molar-refractivity contribution in [1.82, 2.24) is 14.7 Å². The number of benzene rings is 2. The first-order valence-corrected chi connectivity index (χ1v) is 12.7. The minimum Gasteiger partial charge on any atom is -0.490 e. The van der Waals surface area contributed by atoms with E-state index in [9.17, 15) is 17.6 Å². The standard InChI is InChI=1S/C25H28FN3O4S/c1-15(2)33-23-10-9-19(34(31,32)16(3)4)11-20(23)25(30)28-12-18-13-29(27-21(18)14-28)22-8-6-7-17(5)24(22)26/h6-11,13,15-16H,12,14H2,1-5H3. The van der Waals surface area contributed by atoms with Crippen LogP contribution in [-0.4, -0.2) is 40.4 Å². The second-order valence-corrected chi connectivity index (χ2v) is 11.5. The molecule has 1 aliphatic heterocycles. The van der Waals surface area contributed by atoms with Gasteiger partial charge in [0.1, 0.15) is 11.4 Å². The van der Waals surface area contributed by atoms with Gasteiger partial charge in [-0.2, -0.15) is 5.10 Å². The summed E-state index contributed by atoms with van der Waals surface area (Å²) in [5.74, 6) is -0.350. The summed E-state index contributed by atoms with van der Waals surface area (Å²) in [4.78, 5) is 15.1. The number of nitrogens with zero attached hydrogens (tertiary/aromatic N) is 3. The normalized spacial score (nSPS) is 13.6. The number of halogens is 1. The Kier molecular flexibility index (Phi) is 6.24. The number of carbonyl (C=O) groups excluding carboxylic acids is 1. The highest BCUT2D eigenvalue weighted by Gasteiger charge is 2.31. The van der Waals surface area contributed by atoms with Gasteiger partial charge < -0.3 is 9.64 Å². The van der Waals surface area contributed by atoms with Gasteiger partial charge in [-0.25, -0.2) is 17.5 Å². The minimum absolute atomic E-state index is 0.0824. The summed E-state index contributed by atoms with van der Waals surface area (Å²) in [6.45, 7) is 9.09. The van der Waals surface area contributed by atoms with E-state index in [-0.39, 0.29) is 41.4 Å². The van der Waals surface area contributed by atoms with E-state index < -0.39 is 15.1 Å². The fourth-order valence-electron chi connectivity index (χ4n) is 3.88. The lowest BCUT2D eigenvalue weighted by atomic mass is 10.1. The Bertz CT molecular complexity index is 1340. The zero-order chi connectivity index (χ0) is 24.8. The van der Waals surface area contributed by atoms with Gasteiger partial charge in [0.25, 0.3) is 5.91 Å². The van der Waals surface area contributed by atoms with Crippen molar-refractivity contribution in [2.24, 2.45) is 0 Å². The molecule has 4 rings (SSSR count). The molecule has 7 nitrogen and oxygen atoms in total. The highest BCUT2D eigenvalue weighted by molar-refractivity contribution is 7.92. The van der Waals surface area contributed by atoms with Crippen LogP contribution >= 0.6 is 0 Å². The molecule has 0 fully saturated rings. The van der Waals surface area contributed by atoms with Crippen molar-refractivity contribution in [3.05, 3.63) is 70.8 Å². The predicted molar refractivity (Wildman–Crippen MR) is 126 cm³/mol. The lowest BCUT2D eigenvalue weighted by molar-refractivity contribution is 0.0742. The van der Waals surface area contributed by atoms with Crippen molar-refractivity contribution in [3.8, 4) is 11.4 Å². The molecule has 9 heteroatoms. The Morgan fingerprint density at radius 1 is 1.12 bits per heavy atom. The molecule has 0 spiro atoms. The molecule has 0 aliphatic carbocycles. The average Bonchev–Trinajstić information content (AvgIpc) is 3.34. The zero-order valence-electron chi connectivity index (χ0n) is 19.9. The van der Waals surface area contributed by atoms with E-state index in [0.717, 1.165) is 5.56 Å². The predicted octanol–water partition coefficient (Wildman–Crippen LogP) is 4.45. The van der Waals surface area contributed by atoms with Gasteiger partial charge in [0, 0.05) is 18.3 Å². The molecule has 180 valence electrons. The van der Waals surface area contributed by atoms with Crippen molar-refractivity contribution in [3.63, 3.8) is 0 Å². The highest BCUT2D eigenvalue weighted by Crippen LogP contribution is 2.31. The number of amides is 1. The van der Waals surface area contributed by atoms with E-state index in [4.69, 9.17) is 4.74 Å². The van der Waals surface area contributed by atoms with Crippen LogP contribution in [0.2, 0.25) is 0 Å².